The number of benzene rings is 8. The summed E-state index contributed by atoms with van der Waals surface area (Å²) in [6.07, 6.45) is 0. The fourth-order valence-corrected chi connectivity index (χ4v) is 8.36. The van der Waals surface area contributed by atoms with Crippen molar-refractivity contribution in [3.8, 4) is 74.0 Å². The second-order valence-electron chi connectivity index (χ2n) is 15.1. The zero-order chi connectivity index (χ0) is 41.0. The van der Waals surface area contributed by atoms with Gasteiger partial charge in [0.2, 0.25) is 0 Å². The van der Waals surface area contributed by atoms with Crippen LogP contribution in [0.5, 0.6) is 0 Å². The molecule has 0 amide bonds. The Morgan fingerprint density at radius 3 is 1.39 bits per heavy atom. The van der Waals surface area contributed by atoms with Crippen LogP contribution in [0.15, 0.2) is 205 Å². The molecule has 0 atom stereocenters. The highest BCUT2D eigenvalue weighted by Crippen LogP contribution is 2.39. The van der Waals surface area contributed by atoms with Crippen LogP contribution in [0.2, 0.25) is 0 Å². The van der Waals surface area contributed by atoms with Crippen LogP contribution >= 0.6 is 0 Å². The van der Waals surface area contributed by atoms with Crippen molar-refractivity contribution < 1.29 is 4.42 Å². The van der Waals surface area contributed by atoms with Crippen LogP contribution in [-0.4, -0.2) is 34.5 Å². The van der Waals surface area contributed by atoms with Crippen LogP contribution < -0.4 is 0 Å². The molecule has 0 aliphatic carbocycles. The number of aromatic nitrogens is 7. The summed E-state index contributed by atoms with van der Waals surface area (Å²) < 4.78 is 9.01. The fraction of sp³-hybridized carbons (Fsp3) is 0. The van der Waals surface area contributed by atoms with Gasteiger partial charge in [0.15, 0.2) is 34.9 Å². The third-order valence-corrected chi connectivity index (χ3v) is 11.3. The van der Waals surface area contributed by atoms with Crippen LogP contribution in [0.1, 0.15) is 0 Å². The SMILES string of the molecule is c1ccc(-c2nc(-c3ccccc3)nc(-c3ccc4oc5c(-c6nc(-c7ccccc7)nc(-c7ccc8c9ccccc9n(-c9ccccc9)c8c7)n6)cccc5c4c3)n2)cc1. The zero-order valence-corrected chi connectivity index (χ0v) is 33.1. The van der Waals surface area contributed by atoms with Crippen LogP contribution in [0, 0.1) is 0 Å². The number of furan rings is 1. The van der Waals surface area contributed by atoms with Gasteiger partial charge < -0.3 is 8.98 Å². The molecule has 62 heavy (non-hydrogen) atoms. The molecule has 0 bridgehead atoms. The summed E-state index contributed by atoms with van der Waals surface area (Å²) in [6.45, 7) is 0. The largest absolute Gasteiger partial charge is 0.455 e. The van der Waals surface area contributed by atoms with Gasteiger partial charge in [0.05, 0.1) is 16.6 Å². The van der Waals surface area contributed by atoms with E-state index in [1.165, 1.54) is 5.39 Å². The number of hydrogen-bond donors (Lipinski definition) is 0. The predicted molar refractivity (Wildman–Crippen MR) is 247 cm³/mol. The van der Waals surface area contributed by atoms with Crippen molar-refractivity contribution in [3.05, 3.63) is 200 Å². The first-order chi connectivity index (χ1) is 30.7. The number of nitrogens with zero attached hydrogens (tertiary/aromatic N) is 7. The van der Waals surface area contributed by atoms with Crippen LogP contribution in [-0.2, 0) is 0 Å². The van der Waals surface area contributed by atoms with Gasteiger partial charge >= 0.3 is 0 Å². The van der Waals surface area contributed by atoms with Gasteiger partial charge in [0.25, 0.3) is 0 Å². The van der Waals surface area contributed by atoms with Crippen molar-refractivity contribution in [1.29, 1.82) is 0 Å². The highest BCUT2D eigenvalue weighted by Gasteiger charge is 2.21. The summed E-state index contributed by atoms with van der Waals surface area (Å²) in [5, 5.41) is 4.20. The van der Waals surface area contributed by atoms with E-state index in [9.17, 15) is 0 Å². The number of fused-ring (bicyclic) bond motifs is 6. The van der Waals surface area contributed by atoms with E-state index in [-0.39, 0.29) is 0 Å². The first-order valence-corrected chi connectivity index (χ1v) is 20.5. The molecule has 8 nitrogen and oxygen atoms in total. The maximum Gasteiger partial charge on any atom is 0.167 e. The second-order valence-corrected chi connectivity index (χ2v) is 15.1. The summed E-state index contributed by atoms with van der Waals surface area (Å²) in [6, 6.07) is 67.7. The van der Waals surface area contributed by atoms with E-state index >= 15 is 0 Å². The van der Waals surface area contributed by atoms with Gasteiger partial charge in [-0.05, 0) is 48.5 Å². The van der Waals surface area contributed by atoms with E-state index in [2.05, 4.69) is 83.4 Å². The van der Waals surface area contributed by atoms with Gasteiger partial charge in [-0.3, -0.25) is 0 Å². The molecule has 290 valence electrons. The zero-order valence-electron chi connectivity index (χ0n) is 33.1. The molecule has 0 unspecified atom stereocenters. The summed E-state index contributed by atoms with van der Waals surface area (Å²) in [5.41, 5.74) is 9.90. The molecular formula is C54H33N7O. The maximum atomic E-state index is 6.71. The lowest BCUT2D eigenvalue weighted by Gasteiger charge is -2.10. The molecule has 0 fully saturated rings. The highest BCUT2D eigenvalue weighted by atomic mass is 16.3. The third kappa shape index (κ3) is 6.09. The van der Waals surface area contributed by atoms with Gasteiger partial charge in [-0.25, -0.2) is 29.9 Å². The first-order valence-electron chi connectivity index (χ1n) is 20.5. The summed E-state index contributed by atoms with van der Waals surface area (Å²) >= 11 is 0. The Morgan fingerprint density at radius 1 is 0.306 bits per heavy atom. The second kappa shape index (κ2) is 14.6. The molecule has 4 heterocycles. The van der Waals surface area contributed by atoms with Crippen LogP contribution in [0.4, 0.5) is 0 Å². The van der Waals surface area contributed by atoms with E-state index in [0.29, 0.717) is 40.5 Å². The van der Waals surface area contributed by atoms with Gasteiger partial charge in [-0.2, -0.15) is 0 Å². The Balaban J connectivity index is 1.02. The van der Waals surface area contributed by atoms with Gasteiger partial charge in [0, 0.05) is 55.0 Å². The van der Waals surface area contributed by atoms with E-state index in [0.717, 1.165) is 71.8 Å². The molecule has 0 saturated carbocycles. The molecule has 8 aromatic carbocycles. The lowest BCUT2D eigenvalue weighted by atomic mass is 10.1. The van der Waals surface area contributed by atoms with E-state index in [1.54, 1.807) is 0 Å². The fourth-order valence-electron chi connectivity index (χ4n) is 8.36. The summed E-state index contributed by atoms with van der Waals surface area (Å²) in [5.74, 6) is 3.43. The van der Waals surface area contributed by atoms with Crippen molar-refractivity contribution in [2.75, 3.05) is 0 Å². The van der Waals surface area contributed by atoms with Gasteiger partial charge in [0.1, 0.15) is 11.2 Å². The Morgan fingerprint density at radius 2 is 0.774 bits per heavy atom. The van der Waals surface area contributed by atoms with Crippen molar-refractivity contribution in [3.63, 3.8) is 0 Å². The van der Waals surface area contributed by atoms with Crippen LogP contribution in [0.25, 0.3) is 118 Å². The molecule has 0 aliphatic rings. The van der Waals surface area contributed by atoms with E-state index < -0.39 is 0 Å². The third-order valence-electron chi connectivity index (χ3n) is 11.3. The predicted octanol–water partition coefficient (Wildman–Crippen LogP) is 13.1. The van der Waals surface area contributed by atoms with Crippen molar-refractivity contribution in [2.24, 2.45) is 0 Å². The lowest BCUT2D eigenvalue weighted by Crippen LogP contribution is -2.00. The van der Waals surface area contributed by atoms with E-state index in [1.807, 2.05) is 121 Å². The average molecular weight is 796 g/mol. The molecule has 12 rings (SSSR count). The van der Waals surface area contributed by atoms with Crippen LogP contribution in [0.3, 0.4) is 0 Å². The first kappa shape index (κ1) is 35.3. The van der Waals surface area contributed by atoms with Gasteiger partial charge in [-0.15, -0.1) is 0 Å². The molecule has 4 aromatic heterocycles. The normalized spacial score (nSPS) is 11.5. The summed E-state index contributed by atoms with van der Waals surface area (Å²) in [7, 11) is 0. The maximum absolute atomic E-state index is 6.71. The van der Waals surface area contributed by atoms with Crippen molar-refractivity contribution in [2.45, 2.75) is 0 Å². The Bertz CT molecular complexity index is 3570. The molecule has 0 N–H and O–H groups in total. The number of rotatable bonds is 7. The molecule has 0 aliphatic heterocycles. The standard InChI is InChI=1S/C54H33N7O/c1-5-16-34(17-6-1)49-55-50(35-18-7-2-8-19-35)57-52(56-49)37-29-31-47-44(32-37)42-25-15-26-43(48(42)62-47)54-59-51(36-20-9-3-10-21-36)58-53(60-54)38-28-30-41-40-24-13-14-27-45(40)61(46(41)33-38)39-22-11-4-12-23-39/h1-33H. The van der Waals surface area contributed by atoms with E-state index in [4.69, 9.17) is 34.3 Å². The average Bonchev–Trinajstić information content (AvgIpc) is 3.90. The minimum Gasteiger partial charge on any atom is -0.455 e. The molecule has 12 aromatic rings. The topological polar surface area (TPSA) is 95.4 Å². The molecule has 0 saturated heterocycles. The van der Waals surface area contributed by atoms with Crippen molar-refractivity contribution >= 4 is 43.7 Å². The minimum atomic E-state index is 0.514. The number of hydrogen-bond acceptors (Lipinski definition) is 7. The molecule has 8 heteroatoms. The Kier molecular flexibility index (Phi) is 8.31. The molecule has 0 radical (unpaired) electrons. The monoisotopic (exact) mass is 795 g/mol. The molecular weight excluding hydrogens is 763 g/mol. The Hall–Kier alpha value is -8.62. The van der Waals surface area contributed by atoms with Crippen molar-refractivity contribution in [1.82, 2.24) is 34.5 Å². The van der Waals surface area contributed by atoms with Gasteiger partial charge in [-0.1, -0.05) is 152 Å². The number of para-hydroxylation sites is 3. The lowest BCUT2D eigenvalue weighted by molar-refractivity contribution is 0.669. The minimum absolute atomic E-state index is 0.514. The summed E-state index contributed by atoms with van der Waals surface area (Å²) in [4.78, 5) is 30.3. The smallest absolute Gasteiger partial charge is 0.167 e. The Labute approximate surface area is 355 Å². The highest BCUT2D eigenvalue weighted by molar-refractivity contribution is 6.11. The molecule has 0 spiro atoms. The quantitative estimate of drug-likeness (QED) is 0.158.